The molecule has 0 radical (unpaired) electrons. The Morgan fingerprint density at radius 2 is 1.88 bits per heavy atom. The topological polar surface area (TPSA) is 68.5 Å². The number of pyridine rings is 1. The van der Waals surface area contributed by atoms with Crippen molar-refractivity contribution in [2.24, 2.45) is 0 Å². The predicted octanol–water partition coefficient (Wildman–Crippen LogP) is 3.21. The molecule has 1 heterocycles. The Morgan fingerprint density at radius 3 is 2.38 bits per heavy atom. The van der Waals surface area contributed by atoms with Crippen molar-refractivity contribution in [1.29, 1.82) is 0 Å². The normalized spacial score (nSPS) is 14.9. The Balaban J connectivity index is 2.49. The highest BCUT2D eigenvalue weighted by Crippen LogP contribution is 2.42. The number of nitrogens with zero attached hydrogens (tertiary/aromatic N) is 1. The Labute approximate surface area is 129 Å². The summed E-state index contributed by atoms with van der Waals surface area (Å²) >= 11 is 0. The number of hydrogen-bond acceptors (Lipinski definition) is 3. The lowest BCUT2D eigenvalue weighted by molar-refractivity contribution is -0.275. The molecule has 1 saturated carbocycles. The molecule has 128 valence electrons. The van der Waals surface area contributed by atoms with E-state index in [1.165, 1.54) is 0 Å². The van der Waals surface area contributed by atoms with Gasteiger partial charge in [0, 0.05) is 12.1 Å². The van der Waals surface area contributed by atoms with Gasteiger partial charge in [-0.05, 0) is 18.9 Å². The van der Waals surface area contributed by atoms with Crippen LogP contribution in [-0.4, -0.2) is 22.0 Å². The summed E-state index contributed by atoms with van der Waals surface area (Å²) in [4.78, 5) is 23.3. The molecule has 5 nitrogen and oxygen atoms in total. The largest absolute Gasteiger partial charge is 0.573 e. The van der Waals surface area contributed by atoms with E-state index in [0.717, 1.165) is 4.57 Å². The summed E-state index contributed by atoms with van der Waals surface area (Å²) in [6.07, 6.45) is -4.52. The van der Waals surface area contributed by atoms with Crippen molar-refractivity contribution >= 4 is 16.9 Å². The Bertz CT molecular complexity index is 914. The third-order valence-electron chi connectivity index (χ3n) is 3.53. The minimum Gasteiger partial charge on any atom is -0.477 e. The molecule has 1 aliphatic rings. The number of carboxylic acids is 1. The number of fused-ring (bicyclic) bond motifs is 1. The number of carboxylic acid groups (broad SMARTS) is 1. The molecule has 1 fully saturated rings. The summed E-state index contributed by atoms with van der Waals surface area (Å²) in [7, 11) is 0. The van der Waals surface area contributed by atoms with Crippen LogP contribution in [0.25, 0.3) is 10.9 Å². The van der Waals surface area contributed by atoms with Crippen LogP contribution in [0.15, 0.2) is 16.9 Å². The first-order chi connectivity index (χ1) is 11.1. The number of aromatic nitrogens is 1. The lowest BCUT2D eigenvalue weighted by atomic mass is 10.1. The fraction of sp³-hybridized carbons (Fsp3) is 0.286. The summed E-state index contributed by atoms with van der Waals surface area (Å²) in [6.45, 7) is 0. The van der Waals surface area contributed by atoms with Gasteiger partial charge in [-0.3, -0.25) is 4.79 Å². The first-order valence-corrected chi connectivity index (χ1v) is 6.66. The maximum absolute atomic E-state index is 13.9. The van der Waals surface area contributed by atoms with Crippen molar-refractivity contribution in [2.45, 2.75) is 25.2 Å². The van der Waals surface area contributed by atoms with E-state index >= 15 is 0 Å². The van der Waals surface area contributed by atoms with E-state index in [9.17, 15) is 36.6 Å². The molecule has 0 unspecified atom stereocenters. The number of alkyl halides is 3. The highest BCUT2D eigenvalue weighted by Gasteiger charge is 2.37. The lowest BCUT2D eigenvalue weighted by Gasteiger charge is -2.18. The Hall–Kier alpha value is -2.65. The van der Waals surface area contributed by atoms with Gasteiger partial charge >= 0.3 is 12.3 Å². The van der Waals surface area contributed by atoms with Gasteiger partial charge in [0.1, 0.15) is 5.69 Å². The Morgan fingerprint density at radius 1 is 1.25 bits per heavy atom. The van der Waals surface area contributed by atoms with Gasteiger partial charge in [-0.1, -0.05) is 0 Å². The number of carbonyl (C=O) groups is 1. The van der Waals surface area contributed by atoms with Gasteiger partial charge in [-0.25, -0.2) is 9.18 Å². The van der Waals surface area contributed by atoms with Crippen LogP contribution < -0.4 is 10.2 Å². The van der Waals surface area contributed by atoms with Crippen molar-refractivity contribution in [1.82, 2.24) is 4.57 Å². The van der Waals surface area contributed by atoms with Gasteiger partial charge < -0.3 is 14.4 Å². The molecule has 0 saturated heterocycles. The molecule has 0 bridgehead atoms. The van der Waals surface area contributed by atoms with Crippen LogP contribution in [0, 0.1) is 11.6 Å². The average molecular weight is 349 g/mol. The van der Waals surface area contributed by atoms with Crippen molar-refractivity contribution in [3.05, 3.63) is 39.7 Å². The maximum Gasteiger partial charge on any atom is 0.573 e. The highest BCUT2D eigenvalue weighted by atomic mass is 19.4. The molecular weight excluding hydrogens is 341 g/mol. The number of aromatic carboxylic acids is 1. The summed E-state index contributed by atoms with van der Waals surface area (Å²) in [5.74, 6) is -6.78. The van der Waals surface area contributed by atoms with Gasteiger partial charge in [-0.15, -0.1) is 13.2 Å². The summed E-state index contributed by atoms with van der Waals surface area (Å²) < 4.78 is 69.7. The zero-order chi connectivity index (χ0) is 17.8. The zero-order valence-electron chi connectivity index (χ0n) is 11.7. The van der Waals surface area contributed by atoms with Crippen LogP contribution in [0.3, 0.4) is 0 Å². The molecule has 24 heavy (non-hydrogen) atoms. The van der Waals surface area contributed by atoms with Gasteiger partial charge in [0.15, 0.2) is 17.0 Å². The van der Waals surface area contributed by atoms with E-state index < -0.39 is 57.8 Å². The second-order valence-electron chi connectivity index (χ2n) is 5.25. The summed E-state index contributed by atoms with van der Waals surface area (Å²) in [6, 6.07) is 0.554. The summed E-state index contributed by atoms with van der Waals surface area (Å²) in [5, 5.41) is 8.59. The SMILES string of the molecule is O=C(O)c1cc(=O)c2cc(F)c(F)c(OC(F)(F)F)c2n1C1CC1. The highest BCUT2D eigenvalue weighted by molar-refractivity contribution is 5.93. The fourth-order valence-corrected chi connectivity index (χ4v) is 2.50. The number of rotatable bonds is 3. The molecule has 0 aliphatic heterocycles. The van der Waals surface area contributed by atoms with Crippen molar-refractivity contribution in [3.63, 3.8) is 0 Å². The summed E-state index contributed by atoms with van der Waals surface area (Å²) in [5.41, 5.74) is -2.39. The molecule has 2 aromatic rings. The standard InChI is InChI=1S/C14H8F5NO4/c15-7-3-6-9(21)4-8(13(22)23)20(5-1-2-5)11(6)12(10(7)16)24-14(17,18)19/h3-5H,1-2H2,(H,22,23). The molecule has 10 heteroatoms. The minimum absolute atomic E-state index is 0.419. The molecular formula is C14H8F5NO4. The molecule has 0 amide bonds. The van der Waals surface area contributed by atoms with Crippen molar-refractivity contribution in [2.75, 3.05) is 0 Å². The number of benzene rings is 1. The van der Waals surface area contributed by atoms with E-state index in [0.29, 0.717) is 25.0 Å². The molecule has 1 aromatic heterocycles. The van der Waals surface area contributed by atoms with E-state index in [1.807, 2.05) is 0 Å². The van der Waals surface area contributed by atoms with E-state index in [-0.39, 0.29) is 0 Å². The van der Waals surface area contributed by atoms with Crippen LogP contribution in [0.2, 0.25) is 0 Å². The zero-order valence-corrected chi connectivity index (χ0v) is 11.7. The Kier molecular flexibility index (Phi) is 3.50. The first-order valence-electron chi connectivity index (χ1n) is 6.66. The van der Waals surface area contributed by atoms with E-state index in [4.69, 9.17) is 0 Å². The molecule has 1 aromatic carbocycles. The molecule has 1 N–H and O–H groups in total. The van der Waals surface area contributed by atoms with Crippen LogP contribution >= 0.6 is 0 Å². The van der Waals surface area contributed by atoms with Crippen molar-refractivity contribution in [3.8, 4) is 5.75 Å². The van der Waals surface area contributed by atoms with Gasteiger partial charge in [0.25, 0.3) is 0 Å². The molecule has 0 atom stereocenters. The number of halogens is 5. The number of ether oxygens (including phenoxy) is 1. The van der Waals surface area contributed by atoms with Gasteiger partial charge in [0.05, 0.1) is 10.9 Å². The van der Waals surface area contributed by atoms with Gasteiger partial charge in [-0.2, -0.15) is 4.39 Å². The van der Waals surface area contributed by atoms with Crippen molar-refractivity contribution < 1.29 is 36.6 Å². The van der Waals surface area contributed by atoms with Crippen LogP contribution in [0.4, 0.5) is 22.0 Å². The van der Waals surface area contributed by atoms with Crippen LogP contribution in [-0.2, 0) is 0 Å². The second-order valence-corrected chi connectivity index (χ2v) is 5.25. The predicted molar refractivity (Wildman–Crippen MR) is 70.0 cm³/mol. The maximum atomic E-state index is 13.9. The third-order valence-corrected chi connectivity index (χ3v) is 3.53. The number of hydrogen-bond donors (Lipinski definition) is 1. The second kappa shape index (κ2) is 5.18. The van der Waals surface area contributed by atoms with Gasteiger partial charge in [0.2, 0.25) is 5.82 Å². The quantitative estimate of drug-likeness (QED) is 0.864. The fourth-order valence-electron chi connectivity index (χ4n) is 2.50. The molecule has 1 aliphatic carbocycles. The molecule has 0 spiro atoms. The van der Waals surface area contributed by atoms with E-state index in [2.05, 4.69) is 4.74 Å². The van der Waals surface area contributed by atoms with E-state index in [1.54, 1.807) is 0 Å². The third kappa shape index (κ3) is 2.68. The monoisotopic (exact) mass is 349 g/mol. The van der Waals surface area contributed by atoms with Crippen LogP contribution in [0.1, 0.15) is 29.4 Å². The lowest BCUT2D eigenvalue weighted by Crippen LogP contribution is -2.23. The van der Waals surface area contributed by atoms with Crippen LogP contribution in [0.5, 0.6) is 5.75 Å². The molecule has 3 rings (SSSR count). The minimum atomic E-state index is -5.36. The smallest absolute Gasteiger partial charge is 0.477 e. The average Bonchev–Trinajstić information content (AvgIpc) is 3.27. The first kappa shape index (κ1) is 16.2.